The lowest BCUT2D eigenvalue weighted by molar-refractivity contribution is -0.117. The van der Waals surface area contributed by atoms with Crippen molar-refractivity contribution in [2.45, 2.75) is 39.5 Å². The highest BCUT2D eigenvalue weighted by atomic mass is 35.5. The molecule has 4 rings (SSSR count). The van der Waals surface area contributed by atoms with Crippen molar-refractivity contribution in [3.8, 4) is 11.1 Å². The third-order valence-electron chi connectivity index (χ3n) is 7.23. The number of carbonyl (C=O) groups is 2. The third-order valence-corrected chi connectivity index (χ3v) is 8.26. The molecule has 0 fully saturated rings. The normalized spacial score (nSPS) is 12.1. The molecule has 0 spiro atoms. The summed E-state index contributed by atoms with van der Waals surface area (Å²) in [7, 11) is -4.16. The molecule has 0 aliphatic rings. The van der Waals surface area contributed by atoms with Crippen LogP contribution in [0.15, 0.2) is 91.0 Å². The first-order chi connectivity index (χ1) is 20.9. The summed E-state index contributed by atoms with van der Waals surface area (Å²) in [5.74, 6) is -1.16. The van der Waals surface area contributed by atoms with E-state index in [0.717, 1.165) is 34.2 Å². The van der Waals surface area contributed by atoms with Crippen molar-refractivity contribution in [2.75, 3.05) is 17.6 Å². The summed E-state index contributed by atoms with van der Waals surface area (Å²) in [5.41, 5.74) is 6.91. The molecular formula is C35H37ClN2O5S. The van der Waals surface area contributed by atoms with Gasteiger partial charge < -0.3 is 10.6 Å². The highest BCUT2D eigenvalue weighted by Gasteiger charge is 2.22. The molecule has 0 bridgehead atoms. The standard InChI is InChI=1S/C35H37ClN2O5S/c1-23(2)20-25-5-9-28(10-6-25)32(22-26-7-11-29(12-8-26)34(39)37-18-19-44(41,42)43)35(40)38-30-15-13-27(14-16-30)31-17-4-24(3)21-33(31)36/h4-17,21,23,32H,18-20,22H2,1-3H3,(H,37,39)(H,38,40)(H,41,42,43). The first-order valence-electron chi connectivity index (χ1n) is 14.5. The molecule has 0 saturated carbocycles. The van der Waals surface area contributed by atoms with Crippen LogP contribution in [0.5, 0.6) is 0 Å². The first-order valence-corrected chi connectivity index (χ1v) is 16.5. The predicted octanol–water partition coefficient (Wildman–Crippen LogP) is 7.10. The predicted molar refractivity (Wildman–Crippen MR) is 177 cm³/mol. The number of amides is 2. The molecule has 2 amide bonds. The van der Waals surface area contributed by atoms with Gasteiger partial charge in [-0.1, -0.05) is 86.1 Å². The van der Waals surface area contributed by atoms with Crippen LogP contribution in [0.2, 0.25) is 5.02 Å². The summed E-state index contributed by atoms with van der Waals surface area (Å²) >= 11 is 6.46. The van der Waals surface area contributed by atoms with E-state index in [1.807, 2.05) is 61.5 Å². The van der Waals surface area contributed by atoms with E-state index in [9.17, 15) is 18.0 Å². The fourth-order valence-electron chi connectivity index (χ4n) is 4.96. The van der Waals surface area contributed by atoms with Crippen LogP contribution < -0.4 is 10.6 Å². The van der Waals surface area contributed by atoms with Crippen molar-refractivity contribution in [2.24, 2.45) is 5.92 Å². The molecular weight excluding hydrogens is 596 g/mol. The number of carbonyl (C=O) groups excluding carboxylic acids is 2. The van der Waals surface area contributed by atoms with E-state index in [-0.39, 0.29) is 12.5 Å². The lowest BCUT2D eigenvalue weighted by Gasteiger charge is -2.19. The van der Waals surface area contributed by atoms with Gasteiger partial charge in [-0.05, 0) is 83.8 Å². The van der Waals surface area contributed by atoms with Gasteiger partial charge in [-0.25, -0.2) is 0 Å². The van der Waals surface area contributed by atoms with E-state index in [1.165, 1.54) is 5.56 Å². The minimum atomic E-state index is -4.16. The summed E-state index contributed by atoms with van der Waals surface area (Å²) in [6, 6.07) is 28.5. The molecule has 1 atom stereocenters. The van der Waals surface area contributed by atoms with E-state index in [2.05, 4.69) is 36.6 Å². The Kier molecular flexibility index (Phi) is 11.0. The Balaban J connectivity index is 1.51. The van der Waals surface area contributed by atoms with Crippen molar-refractivity contribution in [1.82, 2.24) is 5.32 Å². The van der Waals surface area contributed by atoms with Crippen LogP contribution in [0.1, 0.15) is 52.4 Å². The number of anilines is 1. The summed E-state index contributed by atoms with van der Waals surface area (Å²) in [4.78, 5) is 26.1. The van der Waals surface area contributed by atoms with E-state index >= 15 is 0 Å². The Morgan fingerprint density at radius 1 is 0.841 bits per heavy atom. The first kappa shape index (κ1) is 32.9. The van der Waals surface area contributed by atoms with Crippen molar-refractivity contribution < 1.29 is 22.6 Å². The van der Waals surface area contributed by atoms with Gasteiger partial charge in [0, 0.05) is 28.4 Å². The van der Waals surface area contributed by atoms with Crippen LogP contribution in [0.3, 0.4) is 0 Å². The van der Waals surface area contributed by atoms with Gasteiger partial charge in [-0.2, -0.15) is 8.42 Å². The van der Waals surface area contributed by atoms with E-state index in [1.54, 1.807) is 24.3 Å². The molecule has 4 aromatic rings. The Morgan fingerprint density at radius 3 is 2.05 bits per heavy atom. The fourth-order valence-corrected chi connectivity index (χ4v) is 5.66. The average Bonchev–Trinajstić information content (AvgIpc) is 2.96. The maximum Gasteiger partial charge on any atom is 0.266 e. The minimum absolute atomic E-state index is 0.158. The zero-order valence-corrected chi connectivity index (χ0v) is 26.6. The minimum Gasteiger partial charge on any atom is -0.351 e. The molecule has 3 N–H and O–H groups in total. The highest BCUT2D eigenvalue weighted by molar-refractivity contribution is 7.85. The second-order valence-electron chi connectivity index (χ2n) is 11.4. The molecule has 4 aromatic carbocycles. The number of nitrogens with one attached hydrogen (secondary N) is 2. The number of halogens is 1. The Morgan fingerprint density at radius 2 is 1.45 bits per heavy atom. The SMILES string of the molecule is Cc1ccc(-c2ccc(NC(=O)C(Cc3ccc(C(=O)NCCS(=O)(=O)O)cc3)c3ccc(CC(C)C)cc3)cc2)c(Cl)c1. The molecule has 44 heavy (non-hydrogen) atoms. The number of benzene rings is 4. The van der Waals surface area contributed by atoms with Crippen LogP contribution in [-0.2, 0) is 27.8 Å². The topological polar surface area (TPSA) is 113 Å². The van der Waals surface area contributed by atoms with Crippen LogP contribution >= 0.6 is 11.6 Å². The molecule has 230 valence electrons. The Hall–Kier alpha value is -3.98. The van der Waals surface area contributed by atoms with E-state index in [4.69, 9.17) is 16.2 Å². The van der Waals surface area contributed by atoms with Gasteiger partial charge in [0.15, 0.2) is 0 Å². The van der Waals surface area contributed by atoms with Crippen LogP contribution in [-0.4, -0.2) is 37.1 Å². The van der Waals surface area contributed by atoms with Gasteiger partial charge in [-0.3, -0.25) is 14.1 Å². The van der Waals surface area contributed by atoms with Crippen molar-refractivity contribution >= 4 is 39.2 Å². The van der Waals surface area contributed by atoms with Gasteiger partial charge in [0.2, 0.25) is 5.91 Å². The second kappa shape index (κ2) is 14.7. The summed E-state index contributed by atoms with van der Waals surface area (Å²) in [5, 5.41) is 6.22. The highest BCUT2D eigenvalue weighted by Crippen LogP contribution is 2.30. The largest absolute Gasteiger partial charge is 0.351 e. The number of hydrogen-bond donors (Lipinski definition) is 3. The number of hydrogen-bond acceptors (Lipinski definition) is 4. The molecule has 0 aliphatic carbocycles. The van der Waals surface area contributed by atoms with Crippen molar-refractivity contribution in [3.05, 3.63) is 124 Å². The molecule has 0 aromatic heterocycles. The zero-order valence-electron chi connectivity index (χ0n) is 25.0. The number of aryl methyl sites for hydroxylation is 1. The van der Waals surface area contributed by atoms with Crippen molar-refractivity contribution in [1.29, 1.82) is 0 Å². The molecule has 0 heterocycles. The summed E-state index contributed by atoms with van der Waals surface area (Å²) < 4.78 is 30.7. The maximum atomic E-state index is 13.7. The smallest absolute Gasteiger partial charge is 0.266 e. The van der Waals surface area contributed by atoms with Crippen molar-refractivity contribution in [3.63, 3.8) is 0 Å². The quantitative estimate of drug-likeness (QED) is 0.144. The average molecular weight is 633 g/mol. The summed E-state index contributed by atoms with van der Waals surface area (Å²) in [6.07, 6.45) is 1.35. The second-order valence-corrected chi connectivity index (χ2v) is 13.4. The summed E-state index contributed by atoms with van der Waals surface area (Å²) in [6.45, 7) is 6.12. The van der Waals surface area contributed by atoms with Crippen LogP contribution in [0, 0.1) is 12.8 Å². The van der Waals surface area contributed by atoms with Gasteiger partial charge in [0.1, 0.15) is 0 Å². The molecule has 1 unspecified atom stereocenters. The van der Waals surface area contributed by atoms with E-state index < -0.39 is 27.7 Å². The molecule has 0 aliphatic heterocycles. The Bertz CT molecular complexity index is 1700. The lowest BCUT2D eigenvalue weighted by Crippen LogP contribution is -2.28. The lowest BCUT2D eigenvalue weighted by atomic mass is 9.89. The Labute approximate surface area is 264 Å². The molecule has 9 heteroatoms. The monoisotopic (exact) mass is 632 g/mol. The van der Waals surface area contributed by atoms with Gasteiger partial charge in [0.05, 0.1) is 11.7 Å². The van der Waals surface area contributed by atoms with Gasteiger partial charge in [-0.15, -0.1) is 0 Å². The third kappa shape index (κ3) is 9.51. The van der Waals surface area contributed by atoms with E-state index in [0.29, 0.717) is 28.6 Å². The fraction of sp³-hybridized carbons (Fsp3) is 0.257. The van der Waals surface area contributed by atoms with Crippen LogP contribution in [0.25, 0.3) is 11.1 Å². The molecule has 7 nitrogen and oxygen atoms in total. The maximum absolute atomic E-state index is 13.7. The van der Waals surface area contributed by atoms with Gasteiger partial charge >= 0.3 is 0 Å². The number of rotatable bonds is 12. The zero-order chi connectivity index (χ0) is 31.9. The molecule has 0 radical (unpaired) electrons. The van der Waals surface area contributed by atoms with Crippen LogP contribution in [0.4, 0.5) is 5.69 Å². The van der Waals surface area contributed by atoms with Gasteiger partial charge in [0.25, 0.3) is 16.0 Å². The molecule has 0 saturated heterocycles.